The van der Waals surface area contributed by atoms with Crippen LogP contribution in [0.2, 0.25) is 0 Å². The molecule has 0 bridgehead atoms. The Balaban J connectivity index is 1.87. The Bertz CT molecular complexity index is 1010. The third-order valence-electron chi connectivity index (χ3n) is 4.36. The number of hydrogen-bond acceptors (Lipinski definition) is 8. The number of ether oxygens (including phenoxy) is 4. The molecule has 1 N–H and O–H groups in total. The van der Waals surface area contributed by atoms with E-state index in [1.807, 2.05) is 43.3 Å². The summed E-state index contributed by atoms with van der Waals surface area (Å²) in [6, 6.07) is 12.9. The Hall–Kier alpha value is -3.39. The van der Waals surface area contributed by atoms with Crippen LogP contribution in [0.4, 0.5) is 5.82 Å². The molecule has 0 radical (unpaired) electrons. The van der Waals surface area contributed by atoms with Crippen LogP contribution in [0.1, 0.15) is 23.0 Å². The molecule has 0 saturated carbocycles. The molecule has 0 aliphatic carbocycles. The lowest BCUT2D eigenvalue weighted by atomic mass is 10.2. The highest BCUT2D eigenvalue weighted by Gasteiger charge is 2.18. The van der Waals surface area contributed by atoms with Gasteiger partial charge in [-0.15, -0.1) is 0 Å². The number of aromatic nitrogens is 2. The second kappa shape index (κ2) is 10.4. The monoisotopic (exact) mass is 411 g/mol. The van der Waals surface area contributed by atoms with Crippen LogP contribution in [-0.4, -0.2) is 50.0 Å². The van der Waals surface area contributed by atoms with Gasteiger partial charge < -0.3 is 24.3 Å². The smallest absolute Gasteiger partial charge is 0.360 e. The number of esters is 1. The Kier molecular flexibility index (Phi) is 7.40. The first-order valence-electron chi connectivity index (χ1n) is 9.62. The predicted molar refractivity (Wildman–Crippen MR) is 113 cm³/mol. The fourth-order valence-corrected chi connectivity index (χ4v) is 2.87. The van der Waals surface area contributed by atoms with E-state index in [9.17, 15) is 4.79 Å². The zero-order valence-corrected chi connectivity index (χ0v) is 17.3. The van der Waals surface area contributed by atoms with Crippen molar-refractivity contribution in [3.8, 4) is 11.5 Å². The van der Waals surface area contributed by atoms with Crippen LogP contribution in [0.15, 0.2) is 42.5 Å². The first kappa shape index (κ1) is 21.3. The van der Waals surface area contributed by atoms with E-state index in [1.165, 1.54) is 0 Å². The number of fused-ring (bicyclic) bond motifs is 1. The van der Waals surface area contributed by atoms with E-state index < -0.39 is 5.97 Å². The fraction of sp³-hybridized carbons (Fsp3) is 0.318. The normalized spacial score (nSPS) is 10.6. The van der Waals surface area contributed by atoms with Crippen LogP contribution in [0, 0.1) is 0 Å². The van der Waals surface area contributed by atoms with Crippen LogP contribution in [0.3, 0.4) is 0 Å². The number of anilines is 1. The summed E-state index contributed by atoms with van der Waals surface area (Å²) >= 11 is 0. The summed E-state index contributed by atoms with van der Waals surface area (Å²) in [6.45, 7) is 3.26. The van der Waals surface area contributed by atoms with Crippen LogP contribution < -0.4 is 14.8 Å². The second-order valence-electron chi connectivity index (χ2n) is 6.27. The predicted octanol–water partition coefficient (Wildman–Crippen LogP) is 3.45. The minimum absolute atomic E-state index is 0.118. The van der Waals surface area contributed by atoms with Crippen LogP contribution in [0.25, 0.3) is 11.0 Å². The van der Waals surface area contributed by atoms with Crippen LogP contribution in [0.5, 0.6) is 11.5 Å². The summed E-state index contributed by atoms with van der Waals surface area (Å²) in [5, 5.41) is 3.19. The minimum atomic E-state index is -0.562. The molecule has 0 spiro atoms. The number of carbonyl (C=O) groups excluding carboxylic acids is 1. The zero-order valence-electron chi connectivity index (χ0n) is 17.3. The van der Waals surface area contributed by atoms with E-state index in [-0.39, 0.29) is 12.3 Å². The highest BCUT2D eigenvalue weighted by Crippen LogP contribution is 2.26. The Morgan fingerprint density at radius 3 is 2.47 bits per heavy atom. The molecule has 0 aliphatic rings. The molecule has 0 aliphatic heterocycles. The maximum Gasteiger partial charge on any atom is 0.360 e. The first-order valence-corrected chi connectivity index (χ1v) is 9.62. The molecule has 0 saturated heterocycles. The van der Waals surface area contributed by atoms with Crippen molar-refractivity contribution in [2.45, 2.75) is 13.5 Å². The third kappa shape index (κ3) is 5.15. The van der Waals surface area contributed by atoms with Crippen molar-refractivity contribution in [1.29, 1.82) is 0 Å². The van der Waals surface area contributed by atoms with E-state index in [0.29, 0.717) is 48.1 Å². The molecule has 1 heterocycles. The Morgan fingerprint density at radius 2 is 1.77 bits per heavy atom. The molecule has 3 aromatic rings. The molecule has 1 aromatic heterocycles. The van der Waals surface area contributed by atoms with Crippen molar-refractivity contribution in [2.24, 2.45) is 0 Å². The molecule has 158 valence electrons. The van der Waals surface area contributed by atoms with Crippen molar-refractivity contribution in [3.05, 3.63) is 53.7 Å². The molecular weight excluding hydrogens is 386 g/mol. The molecule has 0 atom stereocenters. The minimum Gasteiger partial charge on any atom is -0.497 e. The summed E-state index contributed by atoms with van der Waals surface area (Å²) in [5.41, 5.74) is 2.25. The lowest BCUT2D eigenvalue weighted by Gasteiger charge is -2.14. The second-order valence-corrected chi connectivity index (χ2v) is 6.27. The van der Waals surface area contributed by atoms with Crippen molar-refractivity contribution < 1.29 is 23.7 Å². The van der Waals surface area contributed by atoms with Crippen LogP contribution >= 0.6 is 0 Å². The Morgan fingerprint density at radius 1 is 1.00 bits per heavy atom. The number of methoxy groups -OCH3 is 2. The number of para-hydroxylation sites is 2. The van der Waals surface area contributed by atoms with Gasteiger partial charge in [0, 0.05) is 18.7 Å². The van der Waals surface area contributed by atoms with Crippen molar-refractivity contribution >= 4 is 22.8 Å². The number of nitrogens with zero attached hydrogens (tertiary/aromatic N) is 2. The maximum absolute atomic E-state index is 12.6. The van der Waals surface area contributed by atoms with E-state index >= 15 is 0 Å². The molecule has 2 aromatic carbocycles. The topological polar surface area (TPSA) is 91.8 Å². The van der Waals surface area contributed by atoms with Gasteiger partial charge in [0.25, 0.3) is 0 Å². The number of carbonyl (C=O) groups is 1. The largest absolute Gasteiger partial charge is 0.497 e. The average molecular weight is 411 g/mol. The molecule has 0 amide bonds. The Labute approximate surface area is 175 Å². The first-order chi connectivity index (χ1) is 14.7. The summed E-state index contributed by atoms with van der Waals surface area (Å²) in [6.07, 6.45) is 0. The molecule has 30 heavy (non-hydrogen) atoms. The van der Waals surface area contributed by atoms with E-state index in [4.69, 9.17) is 18.9 Å². The van der Waals surface area contributed by atoms with E-state index in [2.05, 4.69) is 15.3 Å². The maximum atomic E-state index is 12.6. The van der Waals surface area contributed by atoms with Gasteiger partial charge in [-0.2, -0.15) is 0 Å². The van der Waals surface area contributed by atoms with Gasteiger partial charge in [0.15, 0.2) is 11.5 Å². The molecule has 8 nitrogen and oxygen atoms in total. The molecule has 0 fully saturated rings. The van der Waals surface area contributed by atoms with Gasteiger partial charge in [-0.3, -0.25) is 0 Å². The fourth-order valence-electron chi connectivity index (χ4n) is 2.87. The van der Waals surface area contributed by atoms with Crippen LogP contribution in [-0.2, 0) is 16.0 Å². The van der Waals surface area contributed by atoms with Crippen molar-refractivity contribution in [3.63, 3.8) is 0 Å². The van der Waals surface area contributed by atoms with Gasteiger partial charge in [-0.25, -0.2) is 14.8 Å². The SMILES string of the molecule is CCOCCOC(=O)c1nc2ccccc2nc1NCc1cc(OC)ccc1OC. The highest BCUT2D eigenvalue weighted by molar-refractivity contribution is 5.95. The standard InChI is InChI=1S/C22H25N3O5/c1-4-29-11-12-30-22(26)20-21(25-18-8-6-5-7-17(18)24-20)23-14-15-13-16(27-2)9-10-19(15)28-3/h5-10,13H,4,11-12,14H2,1-3H3,(H,23,25). The quantitative estimate of drug-likeness (QED) is 0.401. The lowest BCUT2D eigenvalue weighted by molar-refractivity contribution is 0.0330. The van der Waals surface area contributed by atoms with Gasteiger partial charge in [0.05, 0.1) is 31.9 Å². The molecule has 0 unspecified atom stereocenters. The van der Waals surface area contributed by atoms with E-state index in [0.717, 1.165) is 5.56 Å². The van der Waals surface area contributed by atoms with Gasteiger partial charge in [0.1, 0.15) is 18.1 Å². The summed E-state index contributed by atoms with van der Waals surface area (Å²) in [5.74, 6) is 1.17. The number of hydrogen-bond donors (Lipinski definition) is 1. The number of nitrogens with one attached hydrogen (secondary N) is 1. The van der Waals surface area contributed by atoms with Gasteiger partial charge in [-0.05, 0) is 37.3 Å². The van der Waals surface area contributed by atoms with Gasteiger partial charge in [0.2, 0.25) is 0 Å². The van der Waals surface area contributed by atoms with Gasteiger partial charge in [-0.1, -0.05) is 12.1 Å². The number of rotatable bonds is 10. The molecular formula is C22H25N3O5. The summed E-state index contributed by atoms with van der Waals surface area (Å²) < 4.78 is 21.2. The van der Waals surface area contributed by atoms with Crippen molar-refractivity contribution in [1.82, 2.24) is 9.97 Å². The number of benzene rings is 2. The molecule has 8 heteroatoms. The van der Waals surface area contributed by atoms with Crippen molar-refractivity contribution in [2.75, 3.05) is 39.4 Å². The average Bonchev–Trinajstić information content (AvgIpc) is 2.79. The highest BCUT2D eigenvalue weighted by atomic mass is 16.6. The summed E-state index contributed by atoms with van der Waals surface area (Å²) in [7, 11) is 3.20. The third-order valence-corrected chi connectivity index (χ3v) is 4.36. The van der Waals surface area contributed by atoms with E-state index in [1.54, 1.807) is 20.3 Å². The lowest BCUT2D eigenvalue weighted by Crippen LogP contribution is -2.16. The molecule has 3 rings (SSSR count). The zero-order chi connectivity index (χ0) is 21.3. The van der Waals surface area contributed by atoms with Gasteiger partial charge >= 0.3 is 5.97 Å². The summed E-state index contributed by atoms with van der Waals surface area (Å²) in [4.78, 5) is 21.7.